The molecule has 0 saturated carbocycles. The van der Waals surface area contributed by atoms with Gasteiger partial charge in [-0.1, -0.05) is 12.1 Å². The van der Waals surface area contributed by atoms with E-state index >= 15 is 0 Å². The molecule has 0 spiro atoms. The third kappa shape index (κ3) is 4.07. The number of aliphatic carboxylic acids is 1. The Morgan fingerprint density at radius 3 is 2.58 bits per heavy atom. The standard InChI is InChI=1S/C12H16N4O3/c1-15-9(12(18)19)6-16-11(17)8-4-2-3-7(5-8)10(13)14/h2-5,9,15H,6H2,1H3,(H3,13,14)(H,16,17)(H,18,19)/t9-/m0/s1. The van der Waals surface area contributed by atoms with Crippen molar-refractivity contribution in [2.24, 2.45) is 5.73 Å². The van der Waals surface area contributed by atoms with Crippen molar-refractivity contribution in [1.82, 2.24) is 10.6 Å². The van der Waals surface area contributed by atoms with Crippen LogP contribution in [-0.2, 0) is 4.79 Å². The maximum absolute atomic E-state index is 11.8. The molecule has 1 amide bonds. The number of hydrogen-bond donors (Lipinski definition) is 5. The molecule has 0 fully saturated rings. The van der Waals surface area contributed by atoms with Gasteiger partial charge in [0.05, 0.1) is 0 Å². The van der Waals surface area contributed by atoms with E-state index in [2.05, 4.69) is 10.6 Å². The summed E-state index contributed by atoms with van der Waals surface area (Å²) in [7, 11) is 1.50. The number of likely N-dealkylation sites (N-methyl/N-ethyl adjacent to an activating group) is 1. The smallest absolute Gasteiger partial charge is 0.322 e. The minimum absolute atomic E-state index is 0.0328. The van der Waals surface area contributed by atoms with Crippen molar-refractivity contribution >= 4 is 17.7 Å². The van der Waals surface area contributed by atoms with Gasteiger partial charge in [-0.05, 0) is 19.2 Å². The van der Waals surface area contributed by atoms with Crippen molar-refractivity contribution in [3.8, 4) is 0 Å². The number of nitrogen functional groups attached to an aromatic ring is 1. The molecule has 6 N–H and O–H groups in total. The minimum Gasteiger partial charge on any atom is -0.480 e. The largest absolute Gasteiger partial charge is 0.480 e. The van der Waals surface area contributed by atoms with Crippen molar-refractivity contribution < 1.29 is 14.7 Å². The molecule has 0 aromatic heterocycles. The van der Waals surface area contributed by atoms with Gasteiger partial charge in [-0.2, -0.15) is 0 Å². The van der Waals surface area contributed by atoms with E-state index in [1.807, 2.05) is 0 Å². The van der Waals surface area contributed by atoms with Crippen LogP contribution in [-0.4, -0.2) is 42.5 Å². The lowest BCUT2D eigenvalue weighted by atomic mass is 10.1. The van der Waals surface area contributed by atoms with E-state index in [9.17, 15) is 9.59 Å². The average Bonchev–Trinajstić information content (AvgIpc) is 2.38. The molecule has 19 heavy (non-hydrogen) atoms. The number of nitrogens with one attached hydrogen (secondary N) is 3. The Morgan fingerprint density at radius 2 is 2.05 bits per heavy atom. The Morgan fingerprint density at radius 1 is 1.42 bits per heavy atom. The van der Waals surface area contributed by atoms with Gasteiger partial charge in [0.1, 0.15) is 11.9 Å². The molecule has 0 unspecified atom stereocenters. The number of nitrogens with two attached hydrogens (primary N) is 1. The van der Waals surface area contributed by atoms with Crippen molar-refractivity contribution in [2.45, 2.75) is 6.04 Å². The first-order valence-electron chi connectivity index (χ1n) is 5.58. The molecule has 0 bridgehead atoms. The summed E-state index contributed by atoms with van der Waals surface area (Å²) in [4.78, 5) is 22.6. The van der Waals surface area contributed by atoms with Gasteiger partial charge in [-0.3, -0.25) is 15.0 Å². The fourth-order valence-corrected chi connectivity index (χ4v) is 1.44. The SMILES string of the molecule is CN[C@@H](CNC(=O)c1cccc(C(=N)N)c1)C(=O)O. The third-order valence-electron chi connectivity index (χ3n) is 2.55. The number of benzene rings is 1. The molecule has 1 atom stereocenters. The molecule has 0 saturated heterocycles. The van der Waals surface area contributed by atoms with Gasteiger partial charge in [-0.25, -0.2) is 0 Å². The normalized spacial score (nSPS) is 11.6. The fraction of sp³-hybridized carbons (Fsp3) is 0.250. The number of carbonyl (C=O) groups excluding carboxylic acids is 1. The zero-order valence-corrected chi connectivity index (χ0v) is 10.4. The van der Waals surface area contributed by atoms with Crippen molar-refractivity contribution in [3.63, 3.8) is 0 Å². The van der Waals surface area contributed by atoms with Crippen LogP contribution in [0.4, 0.5) is 0 Å². The summed E-state index contributed by atoms with van der Waals surface area (Å²) in [5.41, 5.74) is 6.10. The molecule has 7 nitrogen and oxygen atoms in total. The Kier molecular flexibility index (Phi) is 5.01. The molecule has 0 aliphatic rings. The molecule has 7 heteroatoms. The molecule has 1 rings (SSSR count). The van der Waals surface area contributed by atoms with E-state index in [1.54, 1.807) is 18.2 Å². The predicted octanol–water partition coefficient (Wildman–Crippen LogP) is -0.627. The second-order valence-electron chi connectivity index (χ2n) is 3.88. The first kappa shape index (κ1) is 14.7. The Balaban J connectivity index is 2.70. The highest BCUT2D eigenvalue weighted by molar-refractivity contribution is 6.00. The predicted molar refractivity (Wildman–Crippen MR) is 70.3 cm³/mol. The number of hydrogen-bond acceptors (Lipinski definition) is 4. The van der Waals surface area contributed by atoms with Crippen LogP contribution in [0.2, 0.25) is 0 Å². The summed E-state index contributed by atoms with van der Waals surface area (Å²) in [6, 6.07) is 5.43. The first-order chi connectivity index (χ1) is 8.95. The minimum atomic E-state index is -1.04. The summed E-state index contributed by atoms with van der Waals surface area (Å²) in [6.07, 6.45) is 0. The Labute approximate surface area is 110 Å². The molecule has 1 aromatic carbocycles. The zero-order valence-electron chi connectivity index (χ0n) is 10.4. The van der Waals surface area contributed by atoms with Gasteiger partial charge in [0.2, 0.25) is 0 Å². The van der Waals surface area contributed by atoms with Gasteiger partial charge in [0.15, 0.2) is 0 Å². The number of carboxylic acids is 1. The quantitative estimate of drug-likeness (QED) is 0.345. The lowest BCUT2D eigenvalue weighted by Crippen LogP contribution is -2.44. The van der Waals surface area contributed by atoms with Gasteiger partial charge in [0, 0.05) is 17.7 Å². The molecule has 0 aliphatic carbocycles. The highest BCUT2D eigenvalue weighted by Gasteiger charge is 2.16. The number of carboxylic acid groups (broad SMARTS) is 1. The summed E-state index contributed by atoms with van der Waals surface area (Å²) in [6.45, 7) is -0.0328. The van der Waals surface area contributed by atoms with Gasteiger partial charge >= 0.3 is 5.97 Å². The van der Waals surface area contributed by atoms with Crippen LogP contribution in [0.1, 0.15) is 15.9 Å². The highest BCUT2D eigenvalue weighted by atomic mass is 16.4. The number of amidine groups is 1. The monoisotopic (exact) mass is 264 g/mol. The fourth-order valence-electron chi connectivity index (χ4n) is 1.44. The molecule has 0 aliphatic heterocycles. The van der Waals surface area contributed by atoms with E-state index in [1.165, 1.54) is 13.1 Å². The lowest BCUT2D eigenvalue weighted by molar-refractivity contribution is -0.139. The molecule has 102 valence electrons. The summed E-state index contributed by atoms with van der Waals surface area (Å²) < 4.78 is 0. The molecular formula is C12H16N4O3. The van der Waals surface area contributed by atoms with Crippen molar-refractivity contribution in [2.75, 3.05) is 13.6 Å². The Hall–Kier alpha value is -2.41. The van der Waals surface area contributed by atoms with E-state index in [0.717, 1.165) is 0 Å². The van der Waals surface area contributed by atoms with Gasteiger partial charge in [0.25, 0.3) is 5.91 Å². The van der Waals surface area contributed by atoms with Crippen LogP contribution < -0.4 is 16.4 Å². The van der Waals surface area contributed by atoms with Gasteiger partial charge in [-0.15, -0.1) is 0 Å². The van der Waals surface area contributed by atoms with Crippen molar-refractivity contribution in [1.29, 1.82) is 5.41 Å². The molecule has 0 heterocycles. The van der Waals surface area contributed by atoms with E-state index in [4.69, 9.17) is 16.2 Å². The first-order valence-corrected chi connectivity index (χ1v) is 5.58. The highest BCUT2D eigenvalue weighted by Crippen LogP contribution is 2.04. The molecular weight excluding hydrogens is 248 g/mol. The van der Waals surface area contributed by atoms with Crippen LogP contribution in [0.5, 0.6) is 0 Å². The summed E-state index contributed by atoms with van der Waals surface area (Å²) >= 11 is 0. The number of rotatable bonds is 6. The van der Waals surface area contributed by atoms with Crippen LogP contribution in [0.25, 0.3) is 0 Å². The van der Waals surface area contributed by atoms with Crippen LogP contribution in [0.15, 0.2) is 24.3 Å². The van der Waals surface area contributed by atoms with Gasteiger partial charge < -0.3 is 21.5 Å². The molecule has 1 aromatic rings. The van der Waals surface area contributed by atoms with E-state index in [0.29, 0.717) is 11.1 Å². The van der Waals surface area contributed by atoms with Crippen LogP contribution in [0, 0.1) is 5.41 Å². The maximum atomic E-state index is 11.8. The summed E-state index contributed by atoms with van der Waals surface area (Å²) in [5, 5.41) is 21.2. The second-order valence-corrected chi connectivity index (χ2v) is 3.88. The van der Waals surface area contributed by atoms with Crippen LogP contribution >= 0.6 is 0 Å². The average molecular weight is 264 g/mol. The third-order valence-corrected chi connectivity index (χ3v) is 2.55. The second kappa shape index (κ2) is 6.50. The maximum Gasteiger partial charge on any atom is 0.322 e. The summed E-state index contributed by atoms with van der Waals surface area (Å²) in [5.74, 6) is -1.59. The number of amides is 1. The zero-order chi connectivity index (χ0) is 14.4. The lowest BCUT2D eigenvalue weighted by Gasteiger charge is -2.12. The topological polar surface area (TPSA) is 128 Å². The Bertz CT molecular complexity index is 502. The van der Waals surface area contributed by atoms with Crippen LogP contribution in [0.3, 0.4) is 0 Å². The van der Waals surface area contributed by atoms with Crippen molar-refractivity contribution in [3.05, 3.63) is 35.4 Å². The number of carbonyl (C=O) groups is 2. The van der Waals surface area contributed by atoms with E-state index < -0.39 is 17.9 Å². The van der Waals surface area contributed by atoms with E-state index in [-0.39, 0.29) is 12.4 Å². The molecule has 0 radical (unpaired) electrons.